The minimum Gasteiger partial charge on any atom is -0.330 e. The summed E-state index contributed by atoms with van der Waals surface area (Å²) < 4.78 is 2.08. The first-order valence-electron chi connectivity index (χ1n) is 4.95. The van der Waals surface area contributed by atoms with Crippen LogP contribution < -0.4 is 0 Å². The SMILES string of the molecule is CCCn1ccnc1-c1cccc(Cl)n1. The average Bonchev–Trinajstić information content (AvgIpc) is 2.66. The standard InChI is InChI=1S/C11H12ClN3/c1-2-7-15-8-6-13-11(15)9-4-3-5-10(12)14-9/h3-6,8H,2,7H2,1H3. The van der Waals surface area contributed by atoms with Gasteiger partial charge in [-0.05, 0) is 18.6 Å². The molecule has 0 unspecified atom stereocenters. The van der Waals surface area contributed by atoms with Gasteiger partial charge in [-0.1, -0.05) is 24.6 Å². The molecule has 2 aromatic rings. The van der Waals surface area contributed by atoms with E-state index >= 15 is 0 Å². The smallest absolute Gasteiger partial charge is 0.158 e. The van der Waals surface area contributed by atoms with E-state index in [9.17, 15) is 0 Å². The van der Waals surface area contributed by atoms with Gasteiger partial charge in [0.05, 0.1) is 0 Å². The van der Waals surface area contributed by atoms with Crippen LogP contribution in [0.5, 0.6) is 0 Å². The molecular weight excluding hydrogens is 210 g/mol. The van der Waals surface area contributed by atoms with Gasteiger partial charge < -0.3 is 4.57 Å². The lowest BCUT2D eigenvalue weighted by Crippen LogP contribution is -1.99. The highest BCUT2D eigenvalue weighted by Crippen LogP contribution is 2.17. The number of aryl methyl sites for hydroxylation is 1. The Hall–Kier alpha value is -1.35. The molecule has 4 heteroatoms. The van der Waals surface area contributed by atoms with Gasteiger partial charge in [0.1, 0.15) is 10.8 Å². The van der Waals surface area contributed by atoms with Gasteiger partial charge in [0, 0.05) is 18.9 Å². The van der Waals surface area contributed by atoms with Gasteiger partial charge in [-0.15, -0.1) is 0 Å². The van der Waals surface area contributed by atoms with Crippen LogP contribution >= 0.6 is 11.6 Å². The Morgan fingerprint density at radius 2 is 2.27 bits per heavy atom. The Kier molecular flexibility index (Phi) is 3.02. The zero-order valence-electron chi connectivity index (χ0n) is 8.52. The number of halogens is 1. The molecule has 0 amide bonds. The minimum atomic E-state index is 0.499. The highest BCUT2D eigenvalue weighted by Gasteiger charge is 2.06. The molecule has 2 heterocycles. The molecule has 0 radical (unpaired) electrons. The number of pyridine rings is 1. The van der Waals surface area contributed by atoms with Crippen molar-refractivity contribution in [2.75, 3.05) is 0 Å². The predicted molar refractivity (Wildman–Crippen MR) is 60.8 cm³/mol. The predicted octanol–water partition coefficient (Wildman–Crippen LogP) is 3.01. The summed E-state index contributed by atoms with van der Waals surface area (Å²) in [5.74, 6) is 0.874. The lowest BCUT2D eigenvalue weighted by atomic mass is 10.3. The van der Waals surface area contributed by atoms with Crippen LogP contribution in [0, 0.1) is 0 Å². The van der Waals surface area contributed by atoms with Crippen molar-refractivity contribution in [3.8, 4) is 11.5 Å². The molecule has 2 aromatic heterocycles. The summed E-state index contributed by atoms with van der Waals surface area (Å²) in [5, 5.41) is 0.499. The van der Waals surface area contributed by atoms with Crippen molar-refractivity contribution < 1.29 is 0 Å². The highest BCUT2D eigenvalue weighted by atomic mass is 35.5. The van der Waals surface area contributed by atoms with Crippen molar-refractivity contribution in [1.82, 2.24) is 14.5 Å². The molecule has 0 saturated heterocycles. The molecule has 78 valence electrons. The van der Waals surface area contributed by atoms with E-state index in [1.165, 1.54) is 0 Å². The Morgan fingerprint density at radius 3 is 3.00 bits per heavy atom. The van der Waals surface area contributed by atoms with E-state index in [1.54, 1.807) is 12.3 Å². The maximum absolute atomic E-state index is 5.84. The van der Waals surface area contributed by atoms with Gasteiger partial charge in [0.15, 0.2) is 5.82 Å². The number of rotatable bonds is 3. The van der Waals surface area contributed by atoms with Crippen molar-refractivity contribution in [3.05, 3.63) is 35.7 Å². The first kappa shape index (κ1) is 10.2. The quantitative estimate of drug-likeness (QED) is 0.746. The number of imidazole rings is 1. The van der Waals surface area contributed by atoms with Crippen LogP contribution in [0.2, 0.25) is 5.15 Å². The maximum atomic E-state index is 5.84. The van der Waals surface area contributed by atoms with Gasteiger partial charge in [0.25, 0.3) is 0 Å². The second-order valence-corrected chi connectivity index (χ2v) is 3.68. The second-order valence-electron chi connectivity index (χ2n) is 3.29. The van der Waals surface area contributed by atoms with E-state index in [0.717, 1.165) is 24.5 Å². The van der Waals surface area contributed by atoms with Crippen LogP contribution in [0.4, 0.5) is 0 Å². The number of aromatic nitrogens is 3. The van der Waals surface area contributed by atoms with Gasteiger partial charge >= 0.3 is 0 Å². The van der Waals surface area contributed by atoms with Crippen LogP contribution in [-0.2, 0) is 6.54 Å². The topological polar surface area (TPSA) is 30.7 Å². The van der Waals surface area contributed by atoms with Gasteiger partial charge in [-0.25, -0.2) is 9.97 Å². The van der Waals surface area contributed by atoms with Crippen molar-refractivity contribution in [2.24, 2.45) is 0 Å². The Morgan fingerprint density at radius 1 is 1.40 bits per heavy atom. The van der Waals surface area contributed by atoms with E-state index in [0.29, 0.717) is 5.15 Å². The summed E-state index contributed by atoms with van der Waals surface area (Å²) in [5.41, 5.74) is 0.820. The molecule has 0 aliphatic heterocycles. The van der Waals surface area contributed by atoms with E-state index < -0.39 is 0 Å². The second kappa shape index (κ2) is 4.45. The summed E-state index contributed by atoms with van der Waals surface area (Å²) in [6.45, 7) is 3.08. The Bertz CT molecular complexity index is 451. The van der Waals surface area contributed by atoms with E-state index in [2.05, 4.69) is 21.5 Å². The van der Waals surface area contributed by atoms with Crippen LogP contribution in [0.25, 0.3) is 11.5 Å². The summed E-state index contributed by atoms with van der Waals surface area (Å²) in [6, 6.07) is 5.56. The molecular formula is C11H12ClN3. The third-order valence-corrected chi connectivity index (χ3v) is 2.33. The lowest BCUT2D eigenvalue weighted by molar-refractivity contribution is 0.684. The summed E-state index contributed by atoms with van der Waals surface area (Å²) >= 11 is 5.84. The molecule has 3 nitrogen and oxygen atoms in total. The van der Waals surface area contributed by atoms with Gasteiger partial charge in [-0.3, -0.25) is 0 Å². The van der Waals surface area contributed by atoms with Crippen LogP contribution in [-0.4, -0.2) is 14.5 Å². The number of hydrogen-bond acceptors (Lipinski definition) is 2. The normalized spacial score (nSPS) is 10.5. The highest BCUT2D eigenvalue weighted by molar-refractivity contribution is 6.29. The van der Waals surface area contributed by atoms with Crippen LogP contribution in [0.3, 0.4) is 0 Å². The monoisotopic (exact) mass is 221 g/mol. The van der Waals surface area contributed by atoms with Crippen molar-refractivity contribution in [1.29, 1.82) is 0 Å². The maximum Gasteiger partial charge on any atom is 0.158 e. The van der Waals surface area contributed by atoms with Crippen molar-refractivity contribution >= 4 is 11.6 Å². The molecule has 0 fully saturated rings. The molecule has 15 heavy (non-hydrogen) atoms. The molecule has 0 bridgehead atoms. The molecule has 0 aliphatic carbocycles. The molecule has 0 spiro atoms. The van der Waals surface area contributed by atoms with Crippen molar-refractivity contribution in [3.63, 3.8) is 0 Å². The minimum absolute atomic E-state index is 0.499. The van der Waals surface area contributed by atoms with Crippen molar-refractivity contribution in [2.45, 2.75) is 19.9 Å². The summed E-state index contributed by atoms with van der Waals surface area (Å²) in [4.78, 5) is 8.53. The lowest BCUT2D eigenvalue weighted by Gasteiger charge is -2.05. The van der Waals surface area contributed by atoms with E-state index in [1.807, 2.05) is 18.3 Å². The summed E-state index contributed by atoms with van der Waals surface area (Å²) in [6.07, 6.45) is 4.82. The molecule has 0 atom stereocenters. The largest absolute Gasteiger partial charge is 0.330 e. The van der Waals surface area contributed by atoms with Gasteiger partial charge in [-0.2, -0.15) is 0 Å². The number of nitrogens with zero attached hydrogens (tertiary/aromatic N) is 3. The fourth-order valence-corrected chi connectivity index (χ4v) is 1.66. The molecule has 2 rings (SSSR count). The third kappa shape index (κ3) is 2.18. The summed E-state index contributed by atoms with van der Waals surface area (Å²) in [7, 11) is 0. The Balaban J connectivity index is 2.40. The van der Waals surface area contributed by atoms with Gasteiger partial charge in [0.2, 0.25) is 0 Å². The zero-order valence-corrected chi connectivity index (χ0v) is 9.28. The first-order chi connectivity index (χ1) is 7.31. The average molecular weight is 222 g/mol. The van der Waals surface area contributed by atoms with E-state index in [-0.39, 0.29) is 0 Å². The molecule has 0 aromatic carbocycles. The molecule has 0 N–H and O–H groups in total. The zero-order chi connectivity index (χ0) is 10.7. The molecule has 0 aliphatic rings. The van der Waals surface area contributed by atoms with E-state index in [4.69, 9.17) is 11.6 Å². The number of hydrogen-bond donors (Lipinski definition) is 0. The Labute approximate surface area is 93.7 Å². The fraction of sp³-hybridized carbons (Fsp3) is 0.273. The van der Waals surface area contributed by atoms with Crippen LogP contribution in [0.1, 0.15) is 13.3 Å². The molecule has 0 saturated carbocycles. The van der Waals surface area contributed by atoms with Crippen LogP contribution in [0.15, 0.2) is 30.6 Å². The third-order valence-electron chi connectivity index (χ3n) is 2.12. The first-order valence-corrected chi connectivity index (χ1v) is 5.33. The fourth-order valence-electron chi connectivity index (χ4n) is 1.50.